The topological polar surface area (TPSA) is 92.6 Å². The first-order chi connectivity index (χ1) is 12.1. The Labute approximate surface area is 148 Å². The fourth-order valence-electron chi connectivity index (χ4n) is 2.21. The molecule has 0 radical (unpaired) electrons. The van der Waals surface area contributed by atoms with Gasteiger partial charge in [-0.2, -0.15) is 0 Å². The van der Waals surface area contributed by atoms with E-state index in [0.29, 0.717) is 39.7 Å². The lowest BCUT2D eigenvalue weighted by molar-refractivity contribution is 0.324. The van der Waals surface area contributed by atoms with Crippen LogP contribution in [0.25, 0.3) is 11.5 Å². The first kappa shape index (κ1) is 17.2. The highest BCUT2D eigenvalue weighted by Crippen LogP contribution is 2.41. The molecule has 0 spiro atoms. The third-order valence-electron chi connectivity index (χ3n) is 3.34. The molecule has 3 aromatic rings. The minimum Gasteiger partial charge on any atom is -0.493 e. The van der Waals surface area contributed by atoms with E-state index in [4.69, 9.17) is 23.2 Å². The fourth-order valence-corrected chi connectivity index (χ4v) is 2.85. The number of ether oxygens (including phenoxy) is 3. The molecule has 2 aromatic heterocycles. The van der Waals surface area contributed by atoms with E-state index in [-0.39, 0.29) is 0 Å². The zero-order valence-electron chi connectivity index (χ0n) is 14.2. The lowest BCUT2D eigenvalue weighted by atomic mass is 10.2. The SMILES string of the molecule is COc1cc(-c2nnc(SCc3cc(C)on3)o2)cc(OC)c1OC. The lowest BCUT2D eigenvalue weighted by Gasteiger charge is -2.12. The molecule has 3 rings (SSSR count). The molecule has 0 aliphatic heterocycles. The van der Waals surface area contributed by atoms with Gasteiger partial charge in [0, 0.05) is 17.4 Å². The highest BCUT2D eigenvalue weighted by Gasteiger charge is 2.17. The van der Waals surface area contributed by atoms with Crippen molar-refractivity contribution in [3.8, 4) is 28.7 Å². The van der Waals surface area contributed by atoms with Gasteiger partial charge in [-0.3, -0.25) is 0 Å². The second-order valence-corrected chi connectivity index (χ2v) is 5.93. The largest absolute Gasteiger partial charge is 0.493 e. The Balaban J connectivity index is 1.81. The Morgan fingerprint density at radius 3 is 2.28 bits per heavy atom. The van der Waals surface area contributed by atoms with E-state index < -0.39 is 0 Å². The molecule has 0 saturated carbocycles. The van der Waals surface area contributed by atoms with Crippen LogP contribution >= 0.6 is 11.8 Å². The molecule has 0 aliphatic carbocycles. The maximum atomic E-state index is 5.70. The minimum absolute atomic E-state index is 0.359. The number of hydrogen-bond acceptors (Lipinski definition) is 9. The van der Waals surface area contributed by atoms with Crippen LogP contribution < -0.4 is 14.2 Å². The van der Waals surface area contributed by atoms with Gasteiger partial charge in [0.15, 0.2) is 11.5 Å². The third-order valence-corrected chi connectivity index (χ3v) is 4.19. The minimum atomic E-state index is 0.359. The van der Waals surface area contributed by atoms with Crippen LogP contribution in [-0.4, -0.2) is 36.7 Å². The number of benzene rings is 1. The average Bonchev–Trinajstić information content (AvgIpc) is 3.27. The van der Waals surface area contributed by atoms with Gasteiger partial charge >= 0.3 is 0 Å². The highest BCUT2D eigenvalue weighted by molar-refractivity contribution is 7.98. The zero-order valence-corrected chi connectivity index (χ0v) is 15.0. The molecule has 132 valence electrons. The van der Waals surface area contributed by atoms with Gasteiger partial charge in [-0.25, -0.2) is 0 Å². The number of rotatable bonds is 7. The molecule has 8 nitrogen and oxygen atoms in total. The van der Waals surface area contributed by atoms with Crippen molar-refractivity contribution < 1.29 is 23.2 Å². The quantitative estimate of drug-likeness (QED) is 0.586. The first-order valence-corrected chi connectivity index (χ1v) is 8.32. The molecule has 2 heterocycles. The molecule has 0 aliphatic rings. The normalized spacial score (nSPS) is 10.7. The summed E-state index contributed by atoms with van der Waals surface area (Å²) in [6.07, 6.45) is 0. The molecule has 25 heavy (non-hydrogen) atoms. The summed E-state index contributed by atoms with van der Waals surface area (Å²) in [5.74, 6) is 3.24. The van der Waals surface area contributed by atoms with Gasteiger partial charge in [-0.15, -0.1) is 10.2 Å². The van der Waals surface area contributed by atoms with Crippen molar-refractivity contribution in [3.05, 3.63) is 29.7 Å². The molecule has 0 saturated heterocycles. The van der Waals surface area contributed by atoms with Gasteiger partial charge in [0.25, 0.3) is 5.22 Å². The zero-order chi connectivity index (χ0) is 17.8. The molecule has 1 aromatic carbocycles. The Kier molecular flexibility index (Phi) is 5.13. The van der Waals surface area contributed by atoms with Crippen molar-refractivity contribution in [1.29, 1.82) is 0 Å². The summed E-state index contributed by atoms with van der Waals surface area (Å²) in [6, 6.07) is 5.37. The standard InChI is InChI=1S/C16H17N3O5S/c1-9-5-11(19-24-9)8-25-16-18-17-15(23-16)10-6-12(20-2)14(22-4)13(7-10)21-3/h5-7H,8H2,1-4H3. The molecule has 0 N–H and O–H groups in total. The van der Waals surface area contributed by atoms with Gasteiger partial charge in [0.1, 0.15) is 5.76 Å². The van der Waals surface area contributed by atoms with Crippen molar-refractivity contribution >= 4 is 11.8 Å². The summed E-state index contributed by atoms with van der Waals surface area (Å²) in [6.45, 7) is 1.84. The second-order valence-electron chi connectivity index (χ2n) is 5.00. The maximum absolute atomic E-state index is 5.70. The Bertz CT molecular complexity index is 836. The predicted octanol–water partition coefficient (Wildman–Crippen LogP) is 3.35. The number of thioether (sulfide) groups is 1. The van der Waals surface area contributed by atoms with Gasteiger partial charge in [0.05, 0.1) is 27.0 Å². The monoisotopic (exact) mass is 363 g/mol. The van der Waals surface area contributed by atoms with E-state index in [1.807, 2.05) is 13.0 Å². The number of hydrogen-bond donors (Lipinski definition) is 0. The van der Waals surface area contributed by atoms with E-state index in [1.165, 1.54) is 11.8 Å². The van der Waals surface area contributed by atoms with E-state index in [0.717, 1.165) is 11.5 Å². The van der Waals surface area contributed by atoms with Crippen LogP contribution in [0.15, 0.2) is 32.4 Å². The Morgan fingerprint density at radius 2 is 1.72 bits per heavy atom. The van der Waals surface area contributed by atoms with Crippen LogP contribution in [0.5, 0.6) is 17.2 Å². The Hall–Kier alpha value is -2.68. The van der Waals surface area contributed by atoms with Crippen LogP contribution in [0.3, 0.4) is 0 Å². The number of methoxy groups -OCH3 is 3. The summed E-state index contributed by atoms with van der Waals surface area (Å²) in [5, 5.41) is 12.5. The van der Waals surface area contributed by atoms with Crippen LogP contribution in [0, 0.1) is 6.92 Å². The van der Waals surface area contributed by atoms with Crippen molar-refractivity contribution in [2.75, 3.05) is 21.3 Å². The van der Waals surface area contributed by atoms with Crippen LogP contribution in [0.4, 0.5) is 0 Å². The van der Waals surface area contributed by atoms with Crippen LogP contribution in [0.1, 0.15) is 11.5 Å². The van der Waals surface area contributed by atoms with E-state index >= 15 is 0 Å². The first-order valence-electron chi connectivity index (χ1n) is 7.33. The third kappa shape index (κ3) is 3.71. The van der Waals surface area contributed by atoms with Crippen molar-refractivity contribution in [3.63, 3.8) is 0 Å². The summed E-state index contributed by atoms with van der Waals surface area (Å²) >= 11 is 1.38. The van der Waals surface area contributed by atoms with E-state index in [1.54, 1.807) is 33.5 Å². The summed E-state index contributed by atoms with van der Waals surface area (Å²) in [5.41, 5.74) is 1.49. The number of aryl methyl sites for hydroxylation is 1. The van der Waals surface area contributed by atoms with Crippen LogP contribution in [0.2, 0.25) is 0 Å². The molecule has 0 atom stereocenters. The highest BCUT2D eigenvalue weighted by atomic mass is 32.2. The average molecular weight is 363 g/mol. The second kappa shape index (κ2) is 7.47. The van der Waals surface area contributed by atoms with E-state index in [2.05, 4.69) is 15.4 Å². The summed E-state index contributed by atoms with van der Waals surface area (Å²) in [7, 11) is 4.65. The van der Waals surface area contributed by atoms with Gasteiger partial charge in [0.2, 0.25) is 11.6 Å². The van der Waals surface area contributed by atoms with E-state index in [9.17, 15) is 0 Å². The maximum Gasteiger partial charge on any atom is 0.277 e. The lowest BCUT2D eigenvalue weighted by Crippen LogP contribution is -1.95. The molecule has 9 heteroatoms. The molecule has 0 fully saturated rings. The van der Waals surface area contributed by atoms with Crippen molar-refractivity contribution in [2.24, 2.45) is 0 Å². The van der Waals surface area contributed by atoms with Gasteiger partial charge < -0.3 is 23.2 Å². The number of aromatic nitrogens is 3. The fraction of sp³-hybridized carbons (Fsp3) is 0.312. The predicted molar refractivity (Wildman–Crippen MR) is 90.2 cm³/mol. The van der Waals surface area contributed by atoms with Crippen molar-refractivity contribution in [2.45, 2.75) is 17.9 Å². The van der Waals surface area contributed by atoms with Gasteiger partial charge in [-0.05, 0) is 19.1 Å². The summed E-state index contributed by atoms with van der Waals surface area (Å²) in [4.78, 5) is 0. The molecule has 0 unspecified atom stereocenters. The smallest absolute Gasteiger partial charge is 0.277 e. The summed E-state index contributed by atoms with van der Waals surface area (Å²) < 4.78 is 26.7. The molecular weight excluding hydrogens is 346 g/mol. The van der Waals surface area contributed by atoms with Crippen LogP contribution in [-0.2, 0) is 5.75 Å². The Morgan fingerprint density at radius 1 is 1.00 bits per heavy atom. The van der Waals surface area contributed by atoms with Gasteiger partial charge in [-0.1, -0.05) is 16.9 Å². The van der Waals surface area contributed by atoms with Crippen molar-refractivity contribution in [1.82, 2.24) is 15.4 Å². The molecule has 0 amide bonds. The molecular formula is C16H17N3O5S. The molecule has 0 bridgehead atoms. The number of nitrogens with zero attached hydrogens (tertiary/aromatic N) is 3.